The number of carbonyl (C=O) groups excluding carboxylic acids is 1. The molecule has 6 heteroatoms. The van der Waals surface area contributed by atoms with Gasteiger partial charge in [-0.1, -0.05) is 24.3 Å². The molecule has 0 unspecified atom stereocenters. The summed E-state index contributed by atoms with van der Waals surface area (Å²) in [5.74, 6) is -0.474. The zero-order valence-electron chi connectivity index (χ0n) is 15.2. The third-order valence-corrected chi connectivity index (χ3v) is 4.47. The second-order valence-electron chi connectivity index (χ2n) is 6.34. The van der Waals surface area contributed by atoms with Gasteiger partial charge in [0.1, 0.15) is 0 Å². The summed E-state index contributed by atoms with van der Waals surface area (Å²) in [6.45, 7) is 7.96. The molecule has 3 rings (SSSR count). The van der Waals surface area contributed by atoms with Crippen LogP contribution in [0.5, 0.6) is 0 Å². The van der Waals surface area contributed by atoms with Crippen LogP contribution in [0.4, 0.5) is 0 Å². The van der Waals surface area contributed by atoms with Crippen molar-refractivity contribution in [1.82, 2.24) is 15.6 Å². The fraction of sp³-hybridized carbons (Fsp3) is 0.200. The number of hydrogen-bond donors (Lipinski definition) is 2. The fourth-order valence-electron chi connectivity index (χ4n) is 2.89. The Kier molecular flexibility index (Phi) is 4.67. The maximum Gasteiger partial charge on any atom is 0.292 e. The molecule has 0 aliphatic rings. The Morgan fingerprint density at radius 1 is 1.04 bits per heavy atom. The summed E-state index contributed by atoms with van der Waals surface area (Å²) < 4.78 is 0. The van der Waals surface area contributed by atoms with Crippen LogP contribution in [0.2, 0.25) is 0 Å². The van der Waals surface area contributed by atoms with Gasteiger partial charge in [-0.3, -0.25) is 9.59 Å². The van der Waals surface area contributed by atoms with Crippen LogP contribution in [0.1, 0.15) is 39.7 Å². The Labute approximate surface area is 151 Å². The van der Waals surface area contributed by atoms with Crippen LogP contribution in [0, 0.1) is 20.8 Å². The van der Waals surface area contributed by atoms with E-state index in [0.717, 1.165) is 11.1 Å². The minimum Gasteiger partial charge on any atom is -0.267 e. The summed E-state index contributed by atoms with van der Waals surface area (Å²) in [7, 11) is 0. The van der Waals surface area contributed by atoms with Gasteiger partial charge < -0.3 is 0 Å². The number of H-pyrrole nitrogens is 1. The Bertz CT molecular complexity index is 1100. The highest BCUT2D eigenvalue weighted by molar-refractivity contribution is 6.06. The van der Waals surface area contributed by atoms with Gasteiger partial charge in [0, 0.05) is 10.9 Å². The summed E-state index contributed by atoms with van der Waals surface area (Å²) in [4.78, 5) is 24.3. The first-order chi connectivity index (χ1) is 12.4. The van der Waals surface area contributed by atoms with Crippen molar-refractivity contribution in [2.24, 2.45) is 5.10 Å². The van der Waals surface area contributed by atoms with E-state index >= 15 is 0 Å². The van der Waals surface area contributed by atoms with Gasteiger partial charge >= 0.3 is 0 Å². The van der Waals surface area contributed by atoms with E-state index in [-0.39, 0.29) is 11.3 Å². The first-order valence-corrected chi connectivity index (χ1v) is 8.28. The quantitative estimate of drug-likeness (QED) is 0.563. The van der Waals surface area contributed by atoms with Crippen molar-refractivity contribution in [3.05, 3.63) is 74.7 Å². The van der Waals surface area contributed by atoms with Crippen molar-refractivity contribution < 1.29 is 4.79 Å². The van der Waals surface area contributed by atoms with Crippen molar-refractivity contribution in [3.63, 3.8) is 0 Å². The Morgan fingerprint density at radius 2 is 1.69 bits per heavy atom. The zero-order chi connectivity index (χ0) is 18.8. The first-order valence-electron chi connectivity index (χ1n) is 8.28. The molecular weight excluding hydrogens is 328 g/mol. The SMILES string of the molecule is C/C(=N/NC(=O)c1n[nH]c(=O)c2ccccc12)c1cc(C)c(C)cc1C. The minimum absolute atomic E-state index is 0.133. The van der Waals surface area contributed by atoms with E-state index in [1.165, 1.54) is 11.1 Å². The molecule has 0 aliphatic carbocycles. The number of hydrogen-bond acceptors (Lipinski definition) is 4. The molecule has 0 radical (unpaired) electrons. The van der Waals surface area contributed by atoms with Gasteiger partial charge in [0.05, 0.1) is 11.1 Å². The molecule has 0 saturated carbocycles. The van der Waals surface area contributed by atoms with Gasteiger partial charge in [0.2, 0.25) is 0 Å². The number of hydrazone groups is 1. The van der Waals surface area contributed by atoms with Gasteiger partial charge in [0.15, 0.2) is 5.69 Å². The lowest BCUT2D eigenvalue weighted by molar-refractivity contribution is 0.0950. The maximum atomic E-state index is 12.5. The van der Waals surface area contributed by atoms with Crippen LogP contribution in [0.15, 0.2) is 46.3 Å². The second-order valence-corrected chi connectivity index (χ2v) is 6.34. The molecule has 3 aromatic rings. The Morgan fingerprint density at radius 3 is 2.42 bits per heavy atom. The summed E-state index contributed by atoms with van der Waals surface area (Å²) in [6, 6.07) is 11.0. The number of aromatic nitrogens is 2. The molecule has 1 heterocycles. The van der Waals surface area contributed by atoms with E-state index in [0.29, 0.717) is 16.5 Å². The molecule has 0 aliphatic heterocycles. The predicted molar refractivity (Wildman–Crippen MR) is 103 cm³/mol. The third kappa shape index (κ3) is 3.26. The molecular formula is C20H20N4O2. The van der Waals surface area contributed by atoms with E-state index in [1.807, 2.05) is 20.8 Å². The molecule has 132 valence electrons. The fourth-order valence-corrected chi connectivity index (χ4v) is 2.89. The lowest BCUT2D eigenvalue weighted by atomic mass is 9.98. The highest BCUT2D eigenvalue weighted by Gasteiger charge is 2.14. The second kappa shape index (κ2) is 6.92. The van der Waals surface area contributed by atoms with Gasteiger partial charge in [-0.05, 0) is 56.5 Å². The number of carbonyl (C=O) groups is 1. The smallest absolute Gasteiger partial charge is 0.267 e. The summed E-state index contributed by atoms with van der Waals surface area (Å²) in [5, 5.41) is 11.4. The summed E-state index contributed by atoms with van der Waals surface area (Å²) in [5.41, 5.74) is 7.49. The number of rotatable bonds is 3. The van der Waals surface area contributed by atoms with Gasteiger partial charge in [-0.15, -0.1) is 0 Å². The number of aromatic amines is 1. The van der Waals surface area contributed by atoms with E-state index in [9.17, 15) is 9.59 Å². The normalized spacial score (nSPS) is 11.6. The van der Waals surface area contributed by atoms with E-state index < -0.39 is 5.91 Å². The number of amides is 1. The summed E-state index contributed by atoms with van der Waals surface area (Å²) >= 11 is 0. The highest BCUT2D eigenvalue weighted by Crippen LogP contribution is 2.16. The average Bonchev–Trinajstić information content (AvgIpc) is 2.63. The molecule has 2 N–H and O–H groups in total. The average molecular weight is 348 g/mol. The number of nitrogens with zero attached hydrogens (tertiary/aromatic N) is 2. The lowest BCUT2D eigenvalue weighted by Gasteiger charge is -2.10. The highest BCUT2D eigenvalue weighted by atomic mass is 16.2. The van der Waals surface area contributed by atoms with Crippen molar-refractivity contribution in [1.29, 1.82) is 0 Å². The molecule has 0 fully saturated rings. The monoisotopic (exact) mass is 348 g/mol. The predicted octanol–water partition coefficient (Wildman–Crippen LogP) is 3.00. The van der Waals surface area contributed by atoms with E-state index in [2.05, 4.69) is 39.8 Å². The molecule has 2 aromatic carbocycles. The van der Waals surface area contributed by atoms with Gasteiger partial charge in [-0.2, -0.15) is 10.2 Å². The first kappa shape index (κ1) is 17.5. The number of aryl methyl sites for hydroxylation is 3. The molecule has 0 spiro atoms. The van der Waals surface area contributed by atoms with Crippen LogP contribution in [0.3, 0.4) is 0 Å². The number of fused-ring (bicyclic) bond motifs is 1. The topological polar surface area (TPSA) is 87.2 Å². The molecule has 0 atom stereocenters. The minimum atomic E-state index is -0.474. The lowest BCUT2D eigenvalue weighted by Crippen LogP contribution is -2.23. The van der Waals surface area contributed by atoms with Crippen molar-refractivity contribution in [2.45, 2.75) is 27.7 Å². The molecule has 6 nitrogen and oxygen atoms in total. The molecule has 1 amide bonds. The van der Waals surface area contributed by atoms with Crippen LogP contribution >= 0.6 is 0 Å². The van der Waals surface area contributed by atoms with Crippen molar-refractivity contribution in [2.75, 3.05) is 0 Å². The van der Waals surface area contributed by atoms with Gasteiger partial charge in [0.25, 0.3) is 11.5 Å². The molecule has 0 saturated heterocycles. The largest absolute Gasteiger partial charge is 0.292 e. The third-order valence-electron chi connectivity index (χ3n) is 4.47. The van der Waals surface area contributed by atoms with Gasteiger partial charge in [-0.25, -0.2) is 10.5 Å². The standard InChI is InChI=1S/C20H20N4O2/c1-11-9-13(3)17(10-12(11)2)14(4)21-24-20(26)18-15-7-5-6-8-16(15)19(25)23-22-18/h5-10H,1-4H3,(H,23,25)(H,24,26)/b21-14-. The molecule has 26 heavy (non-hydrogen) atoms. The Balaban J connectivity index is 1.92. The van der Waals surface area contributed by atoms with Crippen LogP contribution in [-0.4, -0.2) is 21.8 Å². The number of benzene rings is 2. The maximum absolute atomic E-state index is 12.5. The molecule has 1 aromatic heterocycles. The summed E-state index contributed by atoms with van der Waals surface area (Å²) in [6.07, 6.45) is 0. The zero-order valence-corrected chi connectivity index (χ0v) is 15.2. The van der Waals surface area contributed by atoms with Crippen LogP contribution in [0.25, 0.3) is 10.8 Å². The molecule has 0 bridgehead atoms. The van der Waals surface area contributed by atoms with E-state index in [4.69, 9.17) is 0 Å². The Hall–Kier alpha value is -3.28. The van der Waals surface area contributed by atoms with Crippen molar-refractivity contribution in [3.8, 4) is 0 Å². The van der Waals surface area contributed by atoms with Crippen LogP contribution < -0.4 is 11.0 Å². The van der Waals surface area contributed by atoms with Crippen LogP contribution in [-0.2, 0) is 0 Å². The van der Waals surface area contributed by atoms with Crippen molar-refractivity contribution >= 4 is 22.4 Å². The van der Waals surface area contributed by atoms with E-state index in [1.54, 1.807) is 24.3 Å². The number of nitrogens with one attached hydrogen (secondary N) is 2.